The largest absolute Gasteiger partial charge is 0.548 e. The van der Waals surface area contributed by atoms with Crippen LogP contribution in [-0.4, -0.2) is 30.1 Å². The fourth-order valence-corrected chi connectivity index (χ4v) is 3.22. The first-order valence-electron chi connectivity index (χ1n) is 9.00. The van der Waals surface area contributed by atoms with Crippen molar-refractivity contribution in [3.63, 3.8) is 0 Å². The molecular weight excluding hydrogens is 366 g/mol. The molecule has 8 heteroatoms. The minimum absolute atomic E-state index is 0.323. The highest BCUT2D eigenvalue weighted by molar-refractivity contribution is 5.92. The van der Waals surface area contributed by atoms with Gasteiger partial charge in [-0.3, -0.25) is 4.79 Å². The molecule has 2 aromatic rings. The highest BCUT2D eigenvalue weighted by Gasteiger charge is 2.30. The van der Waals surface area contributed by atoms with Crippen molar-refractivity contribution in [3.05, 3.63) is 33.7 Å². The number of carboxylic acids is 1. The molecule has 0 unspecified atom stereocenters. The zero-order valence-corrected chi connectivity index (χ0v) is 16.2. The van der Waals surface area contributed by atoms with Crippen LogP contribution in [0.3, 0.4) is 0 Å². The highest BCUT2D eigenvalue weighted by atomic mass is 16.5. The van der Waals surface area contributed by atoms with Crippen LogP contribution >= 0.6 is 0 Å². The number of aryl methyl sites for hydroxylation is 2. The number of carboxylic acid groups (broad SMARTS) is 1. The molecule has 0 spiro atoms. The molecule has 0 saturated carbocycles. The first-order chi connectivity index (χ1) is 13.1. The lowest BCUT2D eigenvalue weighted by Gasteiger charge is -2.33. The van der Waals surface area contributed by atoms with Gasteiger partial charge in [0, 0.05) is 17.7 Å². The van der Waals surface area contributed by atoms with Crippen LogP contribution in [0.5, 0.6) is 11.5 Å². The fraction of sp³-hybridized carbons (Fsp3) is 0.450. The van der Waals surface area contributed by atoms with E-state index in [2.05, 4.69) is 5.32 Å². The second-order valence-corrected chi connectivity index (χ2v) is 7.56. The molecule has 1 atom stereocenters. The third-order valence-corrected chi connectivity index (χ3v) is 4.69. The zero-order valence-electron chi connectivity index (χ0n) is 16.2. The summed E-state index contributed by atoms with van der Waals surface area (Å²) < 4.78 is 17.1. The lowest BCUT2D eigenvalue weighted by Crippen LogP contribution is -2.47. The van der Waals surface area contributed by atoms with Gasteiger partial charge in [0.15, 0.2) is 6.61 Å². The zero-order chi connectivity index (χ0) is 20.6. The van der Waals surface area contributed by atoms with Crippen LogP contribution in [0.15, 0.2) is 21.3 Å². The van der Waals surface area contributed by atoms with E-state index < -0.39 is 30.2 Å². The minimum Gasteiger partial charge on any atom is -0.548 e. The van der Waals surface area contributed by atoms with E-state index in [9.17, 15) is 19.5 Å². The number of carbonyl (C=O) groups excluding carboxylic acids is 2. The maximum Gasteiger partial charge on any atom is 0.336 e. The number of ether oxygens (including phenoxy) is 2. The van der Waals surface area contributed by atoms with Crippen LogP contribution in [0.2, 0.25) is 0 Å². The predicted octanol–water partition coefficient (Wildman–Crippen LogP) is 0.838. The summed E-state index contributed by atoms with van der Waals surface area (Å²) in [5, 5.41) is 13.6. The summed E-state index contributed by atoms with van der Waals surface area (Å²) in [6.07, 6.45) is 1.44. The van der Waals surface area contributed by atoms with Crippen molar-refractivity contribution < 1.29 is 28.6 Å². The number of benzene rings is 1. The van der Waals surface area contributed by atoms with Crippen LogP contribution < -0.4 is 25.5 Å². The fourth-order valence-electron chi connectivity index (χ4n) is 3.22. The molecule has 150 valence electrons. The van der Waals surface area contributed by atoms with Crippen LogP contribution in [0.1, 0.15) is 38.3 Å². The van der Waals surface area contributed by atoms with Gasteiger partial charge in [-0.05, 0) is 46.1 Å². The molecule has 1 aromatic carbocycles. The summed E-state index contributed by atoms with van der Waals surface area (Å²) in [6, 6.07) is 1.90. The van der Waals surface area contributed by atoms with Gasteiger partial charge in [-0.15, -0.1) is 0 Å². The van der Waals surface area contributed by atoms with Crippen molar-refractivity contribution in [2.24, 2.45) is 0 Å². The molecule has 1 aliphatic heterocycles. The topological polar surface area (TPSA) is 118 Å². The molecule has 3 rings (SSSR count). The Balaban J connectivity index is 1.99. The summed E-state index contributed by atoms with van der Waals surface area (Å²) in [5.74, 6) is -1.14. The third-order valence-electron chi connectivity index (χ3n) is 4.69. The SMILES string of the molecule is Cc1cc(=O)oc2c3c(cc(OCC(=O)N[C@@H](C)C(=O)[O-])c12)OC(C)(C)CC3. The van der Waals surface area contributed by atoms with Gasteiger partial charge in [-0.1, -0.05) is 0 Å². The Morgan fingerprint density at radius 1 is 1.36 bits per heavy atom. The Hall–Kier alpha value is -3.03. The summed E-state index contributed by atoms with van der Waals surface area (Å²) >= 11 is 0. The number of hydrogen-bond donors (Lipinski definition) is 1. The molecule has 0 saturated heterocycles. The van der Waals surface area contributed by atoms with E-state index in [-0.39, 0.29) is 5.60 Å². The van der Waals surface area contributed by atoms with E-state index in [1.165, 1.54) is 13.0 Å². The number of nitrogens with one attached hydrogen (secondary N) is 1. The molecule has 1 aromatic heterocycles. The standard InChI is InChI=1S/C20H23NO7/c1-10-7-16(23)27-18-12-5-6-20(3,4)28-13(12)8-14(17(10)18)26-9-15(22)21-11(2)19(24)25/h7-8,11H,5-6,9H2,1-4H3,(H,21,22)(H,24,25)/p-1/t11-/m0/s1. The average molecular weight is 388 g/mol. The number of carbonyl (C=O) groups is 2. The van der Waals surface area contributed by atoms with Gasteiger partial charge < -0.3 is 29.1 Å². The van der Waals surface area contributed by atoms with Gasteiger partial charge in [-0.25, -0.2) is 4.79 Å². The molecule has 28 heavy (non-hydrogen) atoms. The number of hydrogen-bond acceptors (Lipinski definition) is 7. The molecule has 1 aliphatic rings. The Labute approximate surface area is 161 Å². The molecular formula is C20H22NO7-. The first kappa shape index (κ1) is 19.7. The highest BCUT2D eigenvalue weighted by Crippen LogP contribution is 2.42. The van der Waals surface area contributed by atoms with Crippen molar-refractivity contribution in [1.29, 1.82) is 0 Å². The van der Waals surface area contributed by atoms with Crippen LogP contribution in [0.25, 0.3) is 11.0 Å². The maximum absolute atomic E-state index is 12.0. The Morgan fingerprint density at radius 2 is 2.07 bits per heavy atom. The summed E-state index contributed by atoms with van der Waals surface area (Å²) in [6.45, 7) is 6.57. The number of fused-ring (bicyclic) bond motifs is 3. The lowest BCUT2D eigenvalue weighted by molar-refractivity contribution is -0.307. The monoisotopic (exact) mass is 388 g/mol. The molecule has 0 bridgehead atoms. The van der Waals surface area contributed by atoms with Gasteiger partial charge in [0.25, 0.3) is 5.91 Å². The van der Waals surface area contributed by atoms with E-state index in [4.69, 9.17) is 13.9 Å². The molecule has 0 radical (unpaired) electrons. The Kier molecular flexibility index (Phi) is 5.06. The van der Waals surface area contributed by atoms with Crippen molar-refractivity contribution in [2.75, 3.05) is 6.61 Å². The van der Waals surface area contributed by atoms with Gasteiger partial charge in [0.05, 0.1) is 17.4 Å². The van der Waals surface area contributed by atoms with Crippen LogP contribution in [0, 0.1) is 6.92 Å². The quantitative estimate of drug-likeness (QED) is 0.754. The smallest absolute Gasteiger partial charge is 0.336 e. The van der Waals surface area contributed by atoms with E-state index in [1.807, 2.05) is 13.8 Å². The van der Waals surface area contributed by atoms with Gasteiger partial charge in [0.1, 0.15) is 22.7 Å². The van der Waals surface area contributed by atoms with Crippen LogP contribution in [0.4, 0.5) is 0 Å². The van der Waals surface area contributed by atoms with Gasteiger partial charge in [-0.2, -0.15) is 0 Å². The molecule has 8 nitrogen and oxygen atoms in total. The molecule has 0 aliphatic carbocycles. The average Bonchev–Trinajstić information content (AvgIpc) is 2.57. The second kappa shape index (κ2) is 7.18. The normalized spacial score (nSPS) is 16.0. The Bertz CT molecular complexity index is 1010. The van der Waals surface area contributed by atoms with Crippen molar-refractivity contribution in [3.8, 4) is 11.5 Å². The van der Waals surface area contributed by atoms with Gasteiger partial charge in [0.2, 0.25) is 0 Å². The lowest BCUT2D eigenvalue weighted by atomic mass is 9.92. The van der Waals surface area contributed by atoms with Crippen molar-refractivity contribution >= 4 is 22.8 Å². The van der Waals surface area contributed by atoms with E-state index in [0.29, 0.717) is 34.5 Å². The minimum atomic E-state index is -1.39. The Morgan fingerprint density at radius 3 is 2.75 bits per heavy atom. The summed E-state index contributed by atoms with van der Waals surface area (Å²) in [7, 11) is 0. The molecule has 2 heterocycles. The van der Waals surface area contributed by atoms with Crippen molar-refractivity contribution in [2.45, 2.75) is 52.2 Å². The predicted molar refractivity (Wildman–Crippen MR) is 98.4 cm³/mol. The summed E-state index contributed by atoms with van der Waals surface area (Å²) in [5.41, 5.74) is 0.963. The number of rotatable bonds is 5. The molecule has 1 amide bonds. The molecule has 1 N–H and O–H groups in total. The van der Waals surface area contributed by atoms with Gasteiger partial charge >= 0.3 is 5.63 Å². The molecule has 0 fully saturated rings. The second-order valence-electron chi connectivity index (χ2n) is 7.56. The van der Waals surface area contributed by atoms with Crippen molar-refractivity contribution in [1.82, 2.24) is 5.32 Å². The van der Waals surface area contributed by atoms with E-state index >= 15 is 0 Å². The van der Waals surface area contributed by atoms with E-state index in [1.54, 1.807) is 13.0 Å². The maximum atomic E-state index is 12.0. The number of amides is 1. The third kappa shape index (κ3) is 3.95. The number of aliphatic carboxylic acids is 1. The summed E-state index contributed by atoms with van der Waals surface area (Å²) in [4.78, 5) is 34.6. The van der Waals surface area contributed by atoms with E-state index in [0.717, 1.165) is 12.0 Å². The first-order valence-corrected chi connectivity index (χ1v) is 9.00. The van der Waals surface area contributed by atoms with Crippen LogP contribution in [-0.2, 0) is 16.0 Å².